The second-order valence-corrected chi connectivity index (χ2v) is 13.5. The number of nitrogens with zero attached hydrogens (tertiary/aromatic N) is 2. The monoisotopic (exact) mass is 678 g/mol. The zero-order chi connectivity index (χ0) is 34.9. The molecule has 0 atom stereocenters. The van der Waals surface area contributed by atoms with Gasteiger partial charge >= 0.3 is 0 Å². The Hall–Kier alpha value is -7.17. The molecule has 11 rings (SSSR count). The minimum absolute atomic E-state index is 0.615. The molecule has 2 heterocycles. The highest BCUT2D eigenvalue weighted by Crippen LogP contribution is 2.45. The van der Waals surface area contributed by atoms with E-state index in [2.05, 4.69) is 144 Å². The fourth-order valence-corrected chi connectivity index (χ4v) is 8.01. The number of benzene rings is 9. The molecule has 0 unspecified atom stereocenters. The van der Waals surface area contributed by atoms with E-state index in [0.29, 0.717) is 5.89 Å². The molecule has 0 bridgehead atoms. The predicted octanol–water partition coefficient (Wildman–Crippen LogP) is 14.0. The van der Waals surface area contributed by atoms with E-state index in [0.717, 1.165) is 82.8 Å². The van der Waals surface area contributed by atoms with Crippen molar-refractivity contribution in [3.05, 3.63) is 182 Å². The average Bonchev–Trinajstić information content (AvgIpc) is 3.83. The van der Waals surface area contributed by atoms with Crippen LogP contribution in [0.25, 0.3) is 87.9 Å². The number of hydrogen-bond donors (Lipinski definition) is 0. The fourth-order valence-electron chi connectivity index (χ4n) is 8.01. The molecule has 0 fully saturated rings. The molecule has 11 aromatic rings. The van der Waals surface area contributed by atoms with Gasteiger partial charge in [-0.2, -0.15) is 0 Å². The summed E-state index contributed by atoms with van der Waals surface area (Å²) in [5.74, 6) is 0.615. The molecule has 0 amide bonds. The summed E-state index contributed by atoms with van der Waals surface area (Å²) in [4.78, 5) is 7.30. The maximum absolute atomic E-state index is 6.70. The molecule has 9 aromatic carbocycles. The van der Waals surface area contributed by atoms with E-state index in [4.69, 9.17) is 13.8 Å². The molecular formula is C49H30N2O2. The summed E-state index contributed by atoms with van der Waals surface area (Å²) < 4.78 is 13.1. The predicted molar refractivity (Wildman–Crippen MR) is 219 cm³/mol. The van der Waals surface area contributed by atoms with Crippen LogP contribution in [-0.4, -0.2) is 4.98 Å². The van der Waals surface area contributed by atoms with Crippen LogP contribution in [0.4, 0.5) is 17.1 Å². The molecule has 2 aromatic heterocycles. The molecule has 248 valence electrons. The van der Waals surface area contributed by atoms with Crippen molar-refractivity contribution >= 4 is 82.4 Å². The summed E-state index contributed by atoms with van der Waals surface area (Å²) in [6.45, 7) is 0. The molecule has 0 N–H and O–H groups in total. The standard InChI is InChI=1S/C49H30N2O2/c1-3-12-31(13-4-1)33-16-11-17-34(28-33)51(36-23-25-41-40-20-9-10-21-45(40)52-46(41)30-36)35-22-24-39-37-18-7-8-19-38(37)42-26-27-44-48(47(42)43(39)29-35)53-49(50-44)32-14-5-2-6-15-32/h1-30H. The minimum Gasteiger partial charge on any atom is -0.456 e. The molecule has 0 saturated carbocycles. The van der Waals surface area contributed by atoms with E-state index in [1.807, 2.05) is 42.5 Å². The maximum atomic E-state index is 6.70. The van der Waals surface area contributed by atoms with Crippen LogP contribution in [-0.2, 0) is 0 Å². The van der Waals surface area contributed by atoms with Gasteiger partial charge in [0.2, 0.25) is 5.89 Å². The van der Waals surface area contributed by atoms with Crippen LogP contribution in [0.3, 0.4) is 0 Å². The summed E-state index contributed by atoms with van der Waals surface area (Å²) in [6.07, 6.45) is 0. The van der Waals surface area contributed by atoms with Gasteiger partial charge in [0.1, 0.15) is 16.7 Å². The van der Waals surface area contributed by atoms with Gasteiger partial charge in [0.15, 0.2) is 5.58 Å². The van der Waals surface area contributed by atoms with E-state index in [1.165, 1.54) is 16.3 Å². The lowest BCUT2D eigenvalue weighted by molar-refractivity contribution is 0.623. The van der Waals surface area contributed by atoms with Gasteiger partial charge < -0.3 is 13.7 Å². The largest absolute Gasteiger partial charge is 0.456 e. The number of hydrogen-bond acceptors (Lipinski definition) is 4. The Balaban J connectivity index is 1.20. The van der Waals surface area contributed by atoms with Crippen molar-refractivity contribution in [1.29, 1.82) is 0 Å². The second-order valence-electron chi connectivity index (χ2n) is 13.5. The molecule has 4 nitrogen and oxygen atoms in total. The summed E-state index contributed by atoms with van der Waals surface area (Å²) in [5.41, 5.74) is 9.69. The molecule has 0 radical (unpaired) electrons. The van der Waals surface area contributed by atoms with Crippen LogP contribution < -0.4 is 4.90 Å². The summed E-state index contributed by atoms with van der Waals surface area (Å²) >= 11 is 0. The zero-order valence-corrected chi connectivity index (χ0v) is 28.5. The van der Waals surface area contributed by atoms with Crippen molar-refractivity contribution in [2.24, 2.45) is 0 Å². The Morgan fingerprint density at radius 3 is 1.75 bits per heavy atom. The highest BCUT2D eigenvalue weighted by molar-refractivity contribution is 6.30. The smallest absolute Gasteiger partial charge is 0.227 e. The van der Waals surface area contributed by atoms with Gasteiger partial charge in [-0.1, -0.05) is 115 Å². The van der Waals surface area contributed by atoms with Gasteiger partial charge in [0, 0.05) is 44.9 Å². The number of anilines is 3. The minimum atomic E-state index is 0.615. The molecule has 0 aliphatic heterocycles. The van der Waals surface area contributed by atoms with Crippen molar-refractivity contribution in [2.75, 3.05) is 4.90 Å². The fraction of sp³-hybridized carbons (Fsp3) is 0. The zero-order valence-electron chi connectivity index (χ0n) is 28.5. The highest BCUT2D eigenvalue weighted by Gasteiger charge is 2.20. The van der Waals surface area contributed by atoms with Crippen LogP contribution in [0.15, 0.2) is 191 Å². The molecule has 0 spiro atoms. The Morgan fingerprint density at radius 2 is 0.943 bits per heavy atom. The van der Waals surface area contributed by atoms with Gasteiger partial charge in [-0.05, 0) is 98.7 Å². The lowest BCUT2D eigenvalue weighted by atomic mass is 9.93. The van der Waals surface area contributed by atoms with E-state index in [9.17, 15) is 0 Å². The van der Waals surface area contributed by atoms with Crippen molar-refractivity contribution < 1.29 is 8.83 Å². The van der Waals surface area contributed by atoms with Gasteiger partial charge in [-0.25, -0.2) is 4.98 Å². The average molecular weight is 679 g/mol. The first-order valence-electron chi connectivity index (χ1n) is 17.9. The van der Waals surface area contributed by atoms with Crippen molar-refractivity contribution in [2.45, 2.75) is 0 Å². The molecule has 4 heteroatoms. The van der Waals surface area contributed by atoms with Crippen LogP contribution in [0.5, 0.6) is 0 Å². The number of rotatable bonds is 5. The van der Waals surface area contributed by atoms with Crippen LogP contribution in [0.2, 0.25) is 0 Å². The lowest BCUT2D eigenvalue weighted by Gasteiger charge is -2.26. The maximum Gasteiger partial charge on any atom is 0.227 e. The molecule has 0 aliphatic carbocycles. The third-order valence-electron chi connectivity index (χ3n) is 10.4. The number of furan rings is 1. The summed E-state index contributed by atoms with van der Waals surface area (Å²) in [6, 6.07) is 63.9. The van der Waals surface area contributed by atoms with Crippen LogP contribution in [0, 0.1) is 0 Å². The lowest BCUT2D eigenvalue weighted by Crippen LogP contribution is -2.10. The quantitative estimate of drug-likeness (QED) is 0.170. The number of aromatic nitrogens is 1. The van der Waals surface area contributed by atoms with E-state index in [1.54, 1.807) is 0 Å². The Morgan fingerprint density at radius 1 is 0.358 bits per heavy atom. The van der Waals surface area contributed by atoms with Crippen molar-refractivity contribution in [3.8, 4) is 22.6 Å². The van der Waals surface area contributed by atoms with Gasteiger partial charge in [-0.3, -0.25) is 0 Å². The summed E-state index contributed by atoms with van der Waals surface area (Å²) in [7, 11) is 0. The van der Waals surface area contributed by atoms with Gasteiger partial charge in [0.25, 0.3) is 0 Å². The first-order chi connectivity index (χ1) is 26.3. The SMILES string of the molecule is c1ccc(-c2cccc(N(c3ccc4c(c3)oc3ccccc34)c3ccc4c5ccccc5c5ccc6nc(-c7ccccc7)oc6c5c4c3)c2)cc1. The van der Waals surface area contributed by atoms with E-state index < -0.39 is 0 Å². The van der Waals surface area contributed by atoms with Crippen molar-refractivity contribution in [3.63, 3.8) is 0 Å². The number of para-hydroxylation sites is 1. The van der Waals surface area contributed by atoms with E-state index >= 15 is 0 Å². The second kappa shape index (κ2) is 11.7. The van der Waals surface area contributed by atoms with Gasteiger partial charge in [-0.15, -0.1) is 0 Å². The summed E-state index contributed by atoms with van der Waals surface area (Å²) in [5, 5.41) is 9.05. The normalized spacial score (nSPS) is 11.8. The third kappa shape index (κ3) is 4.73. The van der Waals surface area contributed by atoms with Gasteiger partial charge in [0.05, 0.1) is 0 Å². The first kappa shape index (κ1) is 29.5. The first-order valence-corrected chi connectivity index (χ1v) is 17.9. The molecule has 53 heavy (non-hydrogen) atoms. The third-order valence-corrected chi connectivity index (χ3v) is 10.4. The Kier molecular flexibility index (Phi) is 6.52. The molecule has 0 saturated heterocycles. The van der Waals surface area contributed by atoms with Crippen molar-refractivity contribution in [1.82, 2.24) is 4.98 Å². The molecular weight excluding hydrogens is 649 g/mol. The molecule has 0 aliphatic rings. The van der Waals surface area contributed by atoms with E-state index in [-0.39, 0.29) is 0 Å². The number of oxazole rings is 1. The Bertz CT molecular complexity index is 3180. The Labute approximate surface area is 304 Å². The van der Waals surface area contributed by atoms with Crippen LogP contribution >= 0.6 is 0 Å². The van der Waals surface area contributed by atoms with Crippen LogP contribution in [0.1, 0.15) is 0 Å². The topological polar surface area (TPSA) is 42.4 Å². The highest BCUT2D eigenvalue weighted by atomic mass is 16.3. The number of fused-ring (bicyclic) bond motifs is 11.